The number of aryl methyl sites for hydroxylation is 1. The van der Waals surface area contributed by atoms with E-state index in [1.54, 1.807) is 40.7 Å². The molecule has 2 heterocycles. The van der Waals surface area contributed by atoms with Crippen molar-refractivity contribution in [1.29, 1.82) is 0 Å². The third-order valence-corrected chi connectivity index (χ3v) is 5.66. The van der Waals surface area contributed by atoms with Gasteiger partial charge in [0.2, 0.25) is 0 Å². The number of amides is 1. The third kappa shape index (κ3) is 5.58. The molecule has 2 aromatic heterocycles. The number of rotatable bonds is 7. The van der Waals surface area contributed by atoms with E-state index in [9.17, 15) is 9.59 Å². The van der Waals surface area contributed by atoms with E-state index in [0.29, 0.717) is 34.3 Å². The quantitative estimate of drug-likeness (QED) is 0.374. The van der Waals surface area contributed by atoms with Crippen LogP contribution in [-0.4, -0.2) is 45.3 Å². The van der Waals surface area contributed by atoms with Gasteiger partial charge in [-0.25, -0.2) is 23.9 Å². The van der Waals surface area contributed by atoms with Gasteiger partial charge in [-0.05, 0) is 72.6 Å². The third-order valence-electron chi connectivity index (χ3n) is 5.66. The van der Waals surface area contributed by atoms with Crippen molar-refractivity contribution in [3.05, 3.63) is 41.0 Å². The van der Waals surface area contributed by atoms with Gasteiger partial charge < -0.3 is 25.1 Å². The van der Waals surface area contributed by atoms with Crippen molar-refractivity contribution in [3.63, 3.8) is 0 Å². The molecule has 0 saturated heterocycles. The summed E-state index contributed by atoms with van der Waals surface area (Å²) in [6.07, 6.45) is 1.47. The number of hydrogen-bond acceptors (Lipinski definition) is 7. The van der Waals surface area contributed by atoms with Crippen molar-refractivity contribution in [2.45, 2.75) is 72.1 Å². The van der Waals surface area contributed by atoms with Gasteiger partial charge in [0.25, 0.3) is 0 Å². The molecule has 3 N–H and O–H groups in total. The molecule has 10 heteroatoms. The van der Waals surface area contributed by atoms with Gasteiger partial charge in [0.15, 0.2) is 0 Å². The number of anilines is 1. The van der Waals surface area contributed by atoms with Crippen LogP contribution in [0.15, 0.2) is 18.2 Å². The maximum atomic E-state index is 15.3. The van der Waals surface area contributed by atoms with Crippen LogP contribution in [0.25, 0.3) is 22.3 Å². The van der Waals surface area contributed by atoms with E-state index in [2.05, 4.69) is 20.6 Å². The van der Waals surface area contributed by atoms with Crippen LogP contribution in [0.5, 0.6) is 0 Å². The predicted octanol–water partition coefficient (Wildman–Crippen LogP) is 5.41. The highest BCUT2D eigenvalue weighted by molar-refractivity contribution is 5.97. The first-order chi connectivity index (χ1) is 17.0. The van der Waals surface area contributed by atoms with Crippen LogP contribution in [-0.2, 0) is 9.47 Å². The van der Waals surface area contributed by atoms with E-state index < -0.39 is 29.5 Å². The molecule has 3 aromatic rings. The van der Waals surface area contributed by atoms with Gasteiger partial charge in [-0.3, -0.25) is 0 Å². The summed E-state index contributed by atoms with van der Waals surface area (Å²) in [7, 11) is 0. The largest absolute Gasteiger partial charge is 0.462 e. The van der Waals surface area contributed by atoms with Crippen molar-refractivity contribution in [2.75, 3.05) is 11.9 Å². The molecule has 9 nitrogen and oxygen atoms in total. The van der Waals surface area contributed by atoms with Gasteiger partial charge >= 0.3 is 12.1 Å². The standard InChI is InChI=1S/C26H32FN5O4/c1-7-35-24(33)16-12-19(31-21(16)13(2)29-25(34)36-26(4,5)6)20-17(27)10-11-18-22(20)32-23(14(3)28-18)30-15-8-9-15/h10-13,15,31H,7-9H2,1-6H3,(H,29,34)(H,30,32). The number of ether oxygens (including phenoxy) is 2. The summed E-state index contributed by atoms with van der Waals surface area (Å²) in [6.45, 7) is 10.7. The number of carbonyl (C=O) groups is 2. The number of halogens is 1. The molecule has 1 amide bonds. The van der Waals surface area contributed by atoms with E-state index in [-0.39, 0.29) is 17.7 Å². The maximum absolute atomic E-state index is 15.3. The minimum Gasteiger partial charge on any atom is -0.462 e. The Morgan fingerprint density at radius 1 is 1.25 bits per heavy atom. The molecule has 1 aliphatic rings. The average molecular weight is 498 g/mol. The summed E-state index contributed by atoms with van der Waals surface area (Å²) in [5.74, 6) is -0.505. The Labute approximate surface area is 209 Å². The van der Waals surface area contributed by atoms with Gasteiger partial charge in [-0.2, -0.15) is 0 Å². The molecule has 1 saturated carbocycles. The molecule has 0 aliphatic heterocycles. The average Bonchev–Trinajstić information content (AvgIpc) is 3.48. The molecule has 0 spiro atoms. The smallest absolute Gasteiger partial charge is 0.408 e. The van der Waals surface area contributed by atoms with Gasteiger partial charge in [-0.1, -0.05) is 0 Å². The lowest BCUT2D eigenvalue weighted by molar-refractivity contribution is 0.0489. The summed E-state index contributed by atoms with van der Waals surface area (Å²) in [6, 6.07) is 4.12. The Morgan fingerprint density at radius 2 is 1.97 bits per heavy atom. The monoisotopic (exact) mass is 497 g/mol. The lowest BCUT2D eigenvalue weighted by atomic mass is 10.1. The second-order valence-electron chi connectivity index (χ2n) is 9.97. The molecule has 1 atom stereocenters. The van der Waals surface area contributed by atoms with E-state index >= 15 is 4.39 Å². The van der Waals surface area contributed by atoms with Gasteiger partial charge in [-0.15, -0.1) is 0 Å². The Bertz CT molecular complexity index is 1310. The topological polar surface area (TPSA) is 118 Å². The Morgan fingerprint density at radius 3 is 2.61 bits per heavy atom. The highest BCUT2D eigenvalue weighted by atomic mass is 19.1. The van der Waals surface area contributed by atoms with E-state index in [4.69, 9.17) is 14.5 Å². The summed E-state index contributed by atoms with van der Waals surface area (Å²) >= 11 is 0. The molecule has 4 rings (SSSR count). The first-order valence-electron chi connectivity index (χ1n) is 12.1. The molecule has 1 aliphatic carbocycles. The zero-order chi connectivity index (χ0) is 26.2. The molecule has 0 radical (unpaired) electrons. The second-order valence-corrected chi connectivity index (χ2v) is 9.97. The number of carbonyl (C=O) groups excluding carboxylic acids is 2. The predicted molar refractivity (Wildman–Crippen MR) is 134 cm³/mol. The minimum absolute atomic E-state index is 0.163. The lowest BCUT2D eigenvalue weighted by Gasteiger charge is -2.22. The van der Waals surface area contributed by atoms with Crippen LogP contribution in [0.3, 0.4) is 0 Å². The summed E-state index contributed by atoms with van der Waals surface area (Å²) in [4.78, 5) is 37.6. The molecule has 1 unspecified atom stereocenters. The molecule has 36 heavy (non-hydrogen) atoms. The zero-order valence-corrected chi connectivity index (χ0v) is 21.4. The fourth-order valence-corrected chi connectivity index (χ4v) is 3.88. The van der Waals surface area contributed by atoms with Crippen LogP contribution in [0.2, 0.25) is 0 Å². The van der Waals surface area contributed by atoms with Crippen LogP contribution >= 0.6 is 0 Å². The van der Waals surface area contributed by atoms with Gasteiger partial charge in [0.1, 0.15) is 22.8 Å². The molecular formula is C26H32FN5O4. The summed E-state index contributed by atoms with van der Waals surface area (Å²) in [5, 5.41) is 6.06. The minimum atomic E-state index is -0.691. The highest BCUT2D eigenvalue weighted by Crippen LogP contribution is 2.34. The Hall–Kier alpha value is -3.69. The van der Waals surface area contributed by atoms with E-state index in [0.717, 1.165) is 18.5 Å². The SMILES string of the molecule is CCOC(=O)c1cc(-c2c(F)ccc3nc(C)c(NC4CC4)nc23)[nH]c1C(C)NC(=O)OC(C)(C)C. The number of hydrogen-bond donors (Lipinski definition) is 3. The number of aromatic amines is 1. The van der Waals surface area contributed by atoms with Crippen molar-refractivity contribution >= 4 is 28.9 Å². The van der Waals surface area contributed by atoms with Crippen molar-refractivity contribution in [2.24, 2.45) is 0 Å². The fraction of sp³-hybridized carbons (Fsp3) is 0.462. The van der Waals surface area contributed by atoms with E-state index in [1.165, 1.54) is 12.1 Å². The van der Waals surface area contributed by atoms with Crippen LogP contribution in [0.1, 0.15) is 75.2 Å². The Kier molecular flexibility index (Phi) is 6.88. The molecule has 0 bridgehead atoms. The second kappa shape index (κ2) is 9.75. The fourth-order valence-electron chi connectivity index (χ4n) is 3.88. The number of alkyl carbamates (subject to hydrolysis) is 1. The summed E-state index contributed by atoms with van der Waals surface area (Å²) in [5.41, 5.74) is 1.97. The van der Waals surface area contributed by atoms with Gasteiger partial charge in [0, 0.05) is 6.04 Å². The number of esters is 1. The molecule has 1 aromatic carbocycles. The zero-order valence-electron chi connectivity index (χ0n) is 21.4. The number of nitrogens with zero attached hydrogens (tertiary/aromatic N) is 2. The molecular weight excluding hydrogens is 465 g/mol. The molecule has 1 fully saturated rings. The normalized spacial score (nSPS) is 14.4. The number of benzene rings is 1. The first kappa shape index (κ1) is 25.4. The van der Waals surface area contributed by atoms with E-state index in [1.807, 2.05) is 6.92 Å². The van der Waals surface area contributed by atoms with Crippen LogP contribution in [0, 0.1) is 12.7 Å². The van der Waals surface area contributed by atoms with Crippen molar-refractivity contribution < 1.29 is 23.5 Å². The highest BCUT2D eigenvalue weighted by Gasteiger charge is 2.27. The van der Waals surface area contributed by atoms with Crippen molar-refractivity contribution in [1.82, 2.24) is 20.3 Å². The first-order valence-corrected chi connectivity index (χ1v) is 12.1. The van der Waals surface area contributed by atoms with Crippen LogP contribution < -0.4 is 10.6 Å². The summed E-state index contributed by atoms with van der Waals surface area (Å²) < 4.78 is 25.8. The van der Waals surface area contributed by atoms with Crippen LogP contribution in [0.4, 0.5) is 15.0 Å². The number of fused-ring (bicyclic) bond motifs is 1. The number of H-pyrrole nitrogens is 1. The maximum Gasteiger partial charge on any atom is 0.408 e. The van der Waals surface area contributed by atoms with Gasteiger partial charge in [0.05, 0.1) is 46.4 Å². The lowest BCUT2D eigenvalue weighted by Crippen LogP contribution is -2.34. The Balaban J connectivity index is 1.79. The molecule has 192 valence electrons. The van der Waals surface area contributed by atoms with Crippen molar-refractivity contribution in [3.8, 4) is 11.3 Å². The number of nitrogens with one attached hydrogen (secondary N) is 3. The number of aromatic nitrogens is 3.